The van der Waals surface area contributed by atoms with E-state index in [0.29, 0.717) is 12.1 Å². The van der Waals surface area contributed by atoms with E-state index in [9.17, 15) is 0 Å². The van der Waals surface area contributed by atoms with Gasteiger partial charge in [-0.2, -0.15) is 0 Å². The average Bonchev–Trinajstić information content (AvgIpc) is 2.71. The molecule has 1 saturated heterocycles. The molecule has 0 aliphatic carbocycles. The summed E-state index contributed by atoms with van der Waals surface area (Å²) in [4.78, 5) is 4.41. The number of aryl methyl sites for hydroxylation is 1. The number of hydrogen-bond acceptors (Lipinski definition) is 2. The molecule has 0 amide bonds. The van der Waals surface area contributed by atoms with E-state index in [-0.39, 0.29) is 0 Å². The van der Waals surface area contributed by atoms with Crippen LogP contribution in [-0.2, 0) is 0 Å². The third-order valence-electron chi connectivity index (χ3n) is 4.27. The highest BCUT2D eigenvalue weighted by atomic mass is 15.4. The molecule has 3 rings (SSSR count). The molecule has 1 aliphatic rings. The Morgan fingerprint density at radius 3 is 2.20 bits per heavy atom. The Kier molecular flexibility index (Phi) is 3.08. The number of hydrogen-bond donors (Lipinski definition) is 0. The van der Waals surface area contributed by atoms with Crippen LogP contribution in [0.1, 0.15) is 20.8 Å². The number of rotatable bonds is 2. The zero-order valence-corrected chi connectivity index (χ0v) is 12.3. The molecular formula is C18H22N2. The lowest BCUT2D eigenvalue weighted by Gasteiger charge is -2.25. The minimum atomic E-state index is -0.390. The van der Waals surface area contributed by atoms with Crippen LogP contribution < -0.4 is 9.80 Å². The minimum Gasteiger partial charge on any atom is -0.349 e. The van der Waals surface area contributed by atoms with Gasteiger partial charge in [0.2, 0.25) is 0 Å². The van der Waals surface area contributed by atoms with E-state index in [1.54, 1.807) is 0 Å². The summed E-state index contributed by atoms with van der Waals surface area (Å²) in [5.41, 5.74) is 3.51. The summed E-state index contributed by atoms with van der Waals surface area (Å²) in [6, 6.07) is 19.2. The second kappa shape index (κ2) is 5.20. The highest BCUT2D eigenvalue weighted by Crippen LogP contribution is 2.32. The molecule has 0 spiro atoms. The lowest BCUT2D eigenvalue weighted by atomic mass is 10.1. The molecule has 0 bridgehead atoms. The summed E-state index contributed by atoms with van der Waals surface area (Å²) in [6.07, 6.45) is 0. The van der Waals surface area contributed by atoms with Gasteiger partial charge in [0.25, 0.3) is 0 Å². The first-order chi connectivity index (χ1) is 10.1. The minimum absolute atomic E-state index is 0.300. The Morgan fingerprint density at radius 1 is 0.900 bits per heavy atom. The Hall–Kier alpha value is -1.96. The van der Waals surface area contributed by atoms with Gasteiger partial charge in [0.1, 0.15) is 0 Å². The van der Waals surface area contributed by atoms with Crippen molar-refractivity contribution in [3.8, 4) is 0 Å². The van der Waals surface area contributed by atoms with Gasteiger partial charge in [-0.1, -0.05) is 36.4 Å². The first kappa shape index (κ1) is 11.8. The fourth-order valence-corrected chi connectivity index (χ4v) is 2.85. The Morgan fingerprint density at radius 2 is 1.50 bits per heavy atom. The van der Waals surface area contributed by atoms with Crippen molar-refractivity contribution in [1.29, 1.82) is 0 Å². The number of para-hydroxylation sites is 2. The van der Waals surface area contributed by atoms with Crippen molar-refractivity contribution >= 4 is 11.4 Å². The summed E-state index contributed by atoms with van der Waals surface area (Å²) in [5.74, 6) is 0. The van der Waals surface area contributed by atoms with E-state index in [1.807, 2.05) is 18.2 Å². The van der Waals surface area contributed by atoms with E-state index < -0.39 is 6.64 Å². The standard InChI is InChI=1S/C18H22N2/c1-14-9-7-8-12-18(14)20-13-19(15(2)16(20)3)17-10-5-4-6-11-17/h4-12,15-16H,13H2,1-3H3/t15?,16-/m0/s1/i13D/t13?,15?,16-. The largest absolute Gasteiger partial charge is 0.349 e. The maximum atomic E-state index is 8.73. The van der Waals surface area contributed by atoms with E-state index in [2.05, 4.69) is 67.0 Å². The van der Waals surface area contributed by atoms with Crippen LogP contribution in [0.25, 0.3) is 0 Å². The third kappa shape index (κ3) is 2.15. The zero-order valence-electron chi connectivity index (χ0n) is 13.3. The predicted octanol–water partition coefficient (Wildman–Crippen LogP) is 4.06. The number of anilines is 2. The Bertz CT molecular complexity index is 614. The SMILES string of the molecule is [2H]C1N(c2ccccc2)C(C)[C@H](C)N1c1ccccc1C. The topological polar surface area (TPSA) is 6.48 Å². The molecule has 104 valence electrons. The van der Waals surface area contributed by atoms with Gasteiger partial charge in [-0.3, -0.25) is 0 Å². The fourth-order valence-electron chi connectivity index (χ4n) is 2.85. The van der Waals surface area contributed by atoms with E-state index in [0.717, 1.165) is 11.4 Å². The molecule has 2 unspecified atom stereocenters. The zero-order chi connectivity index (χ0) is 15.0. The molecule has 1 aliphatic heterocycles. The molecular weight excluding hydrogens is 244 g/mol. The molecule has 2 heteroatoms. The average molecular weight is 267 g/mol. The van der Waals surface area contributed by atoms with Crippen molar-refractivity contribution in [3.63, 3.8) is 0 Å². The number of benzene rings is 2. The van der Waals surface area contributed by atoms with Crippen LogP contribution in [0.15, 0.2) is 54.6 Å². The molecule has 1 heterocycles. The molecule has 20 heavy (non-hydrogen) atoms. The van der Waals surface area contributed by atoms with Gasteiger partial charge >= 0.3 is 0 Å². The van der Waals surface area contributed by atoms with E-state index in [4.69, 9.17) is 1.37 Å². The summed E-state index contributed by atoms with van der Waals surface area (Å²) >= 11 is 0. The van der Waals surface area contributed by atoms with Gasteiger partial charge in [0.15, 0.2) is 0 Å². The van der Waals surface area contributed by atoms with Gasteiger partial charge in [-0.15, -0.1) is 0 Å². The van der Waals surface area contributed by atoms with Crippen LogP contribution in [0.2, 0.25) is 0 Å². The third-order valence-corrected chi connectivity index (χ3v) is 4.27. The second-order valence-corrected chi connectivity index (χ2v) is 5.53. The van der Waals surface area contributed by atoms with Crippen molar-refractivity contribution in [3.05, 3.63) is 60.2 Å². The summed E-state index contributed by atoms with van der Waals surface area (Å²) < 4.78 is 8.73. The smallest absolute Gasteiger partial charge is 0.0910 e. The van der Waals surface area contributed by atoms with Crippen molar-refractivity contribution in [2.45, 2.75) is 32.9 Å². The van der Waals surface area contributed by atoms with Crippen LogP contribution in [0.5, 0.6) is 0 Å². The Balaban J connectivity index is 2.00. The monoisotopic (exact) mass is 267 g/mol. The maximum absolute atomic E-state index is 8.73. The second-order valence-electron chi connectivity index (χ2n) is 5.53. The van der Waals surface area contributed by atoms with Gasteiger partial charge in [-0.05, 0) is 44.5 Å². The van der Waals surface area contributed by atoms with Crippen molar-refractivity contribution in [2.75, 3.05) is 16.4 Å². The van der Waals surface area contributed by atoms with E-state index >= 15 is 0 Å². The molecule has 2 aromatic rings. The maximum Gasteiger partial charge on any atom is 0.0910 e. The molecule has 0 aromatic heterocycles. The Labute approximate surface area is 123 Å². The summed E-state index contributed by atoms with van der Waals surface area (Å²) in [6.45, 7) is 6.14. The van der Waals surface area contributed by atoms with Crippen LogP contribution in [-0.4, -0.2) is 18.7 Å². The first-order valence-electron chi connectivity index (χ1n) is 7.78. The molecule has 0 saturated carbocycles. The van der Waals surface area contributed by atoms with Gasteiger partial charge in [0, 0.05) is 23.5 Å². The van der Waals surface area contributed by atoms with Crippen LogP contribution >= 0.6 is 0 Å². The number of nitrogens with zero attached hydrogens (tertiary/aromatic N) is 2. The highest BCUT2D eigenvalue weighted by molar-refractivity contribution is 5.60. The first-order valence-corrected chi connectivity index (χ1v) is 7.21. The lowest BCUT2D eigenvalue weighted by Crippen LogP contribution is -2.32. The van der Waals surface area contributed by atoms with Gasteiger partial charge < -0.3 is 9.80 Å². The highest BCUT2D eigenvalue weighted by Gasteiger charge is 2.34. The van der Waals surface area contributed by atoms with E-state index in [1.165, 1.54) is 5.56 Å². The van der Waals surface area contributed by atoms with Crippen LogP contribution in [0, 0.1) is 6.92 Å². The molecule has 1 fully saturated rings. The van der Waals surface area contributed by atoms with Crippen molar-refractivity contribution in [1.82, 2.24) is 0 Å². The molecule has 0 N–H and O–H groups in total. The summed E-state index contributed by atoms with van der Waals surface area (Å²) in [5, 5.41) is 0. The van der Waals surface area contributed by atoms with Crippen molar-refractivity contribution in [2.24, 2.45) is 0 Å². The molecule has 2 nitrogen and oxygen atoms in total. The van der Waals surface area contributed by atoms with Gasteiger partial charge in [-0.25, -0.2) is 0 Å². The normalized spacial score (nSPS) is 26.8. The molecule has 3 atom stereocenters. The predicted molar refractivity (Wildman–Crippen MR) is 86.4 cm³/mol. The molecule has 0 radical (unpaired) electrons. The lowest BCUT2D eigenvalue weighted by molar-refractivity contribution is 0.645. The van der Waals surface area contributed by atoms with Crippen LogP contribution in [0.3, 0.4) is 0 Å². The van der Waals surface area contributed by atoms with Crippen molar-refractivity contribution < 1.29 is 1.37 Å². The quantitative estimate of drug-likeness (QED) is 0.809. The summed E-state index contributed by atoms with van der Waals surface area (Å²) in [7, 11) is 0. The fraction of sp³-hybridized carbons (Fsp3) is 0.333. The van der Waals surface area contributed by atoms with Crippen LogP contribution in [0.4, 0.5) is 11.4 Å². The molecule has 2 aromatic carbocycles. The van der Waals surface area contributed by atoms with Gasteiger partial charge in [0.05, 0.1) is 8.02 Å².